The third kappa shape index (κ3) is 3.65. The van der Waals surface area contributed by atoms with E-state index < -0.39 is 0 Å². The molecule has 0 aliphatic heterocycles. The van der Waals surface area contributed by atoms with Crippen LogP contribution in [0.4, 0.5) is 0 Å². The van der Waals surface area contributed by atoms with Crippen LogP contribution in [0.15, 0.2) is 42.0 Å². The molecule has 0 bridgehead atoms. The summed E-state index contributed by atoms with van der Waals surface area (Å²) in [6.45, 7) is 13.9. The Kier molecular flexibility index (Phi) is 5.42. The van der Waals surface area contributed by atoms with Crippen molar-refractivity contribution in [1.29, 1.82) is 0 Å². The highest BCUT2D eigenvalue weighted by atomic mass is 14.3. The van der Waals surface area contributed by atoms with Gasteiger partial charge in [0.2, 0.25) is 0 Å². The smallest absolute Gasteiger partial charge is 0.00576 e. The third-order valence-corrected chi connectivity index (χ3v) is 5.61. The van der Waals surface area contributed by atoms with Gasteiger partial charge in [-0.05, 0) is 64.0 Å². The number of benzene rings is 2. The Morgan fingerprint density at radius 1 is 1.00 bits per heavy atom. The Bertz CT molecular complexity index is 812. The van der Waals surface area contributed by atoms with Gasteiger partial charge in [0.1, 0.15) is 0 Å². The molecule has 0 saturated heterocycles. The second-order valence-corrected chi connectivity index (χ2v) is 9.14. The van der Waals surface area contributed by atoms with Crippen molar-refractivity contribution in [2.45, 2.75) is 78.6 Å². The molecule has 0 fully saturated rings. The van der Waals surface area contributed by atoms with Gasteiger partial charge in [-0.1, -0.05) is 96.0 Å². The normalized spacial score (nSPS) is 13.9. The zero-order valence-electron chi connectivity index (χ0n) is 17.4. The maximum Gasteiger partial charge on any atom is -0.00576 e. The van der Waals surface area contributed by atoms with Crippen molar-refractivity contribution in [3.05, 3.63) is 64.2 Å². The lowest BCUT2D eigenvalue weighted by Gasteiger charge is -2.27. The monoisotopic (exact) mass is 346 g/mol. The van der Waals surface area contributed by atoms with E-state index >= 15 is 0 Å². The number of allylic oxidation sites excluding steroid dienone is 1. The van der Waals surface area contributed by atoms with E-state index in [9.17, 15) is 0 Å². The van der Waals surface area contributed by atoms with E-state index in [1.807, 2.05) is 0 Å². The van der Waals surface area contributed by atoms with Crippen molar-refractivity contribution in [3.8, 4) is 11.1 Å². The minimum absolute atomic E-state index is 0.133. The van der Waals surface area contributed by atoms with Gasteiger partial charge in [-0.25, -0.2) is 0 Å². The molecule has 0 spiro atoms. The van der Waals surface area contributed by atoms with Crippen molar-refractivity contribution < 1.29 is 0 Å². The lowest BCUT2D eigenvalue weighted by Crippen LogP contribution is -2.14. The molecule has 0 N–H and O–H groups in total. The second kappa shape index (κ2) is 7.43. The zero-order chi connectivity index (χ0) is 18.9. The van der Waals surface area contributed by atoms with E-state index in [1.165, 1.54) is 52.6 Å². The molecule has 0 aromatic heterocycles. The SMILES string of the molecule is CCCCC1=Cc2c(ccc(C(C)(C)C)c2-c2ccccc2C(C)C)C1. The van der Waals surface area contributed by atoms with Crippen LogP contribution in [0, 0.1) is 0 Å². The quantitative estimate of drug-likeness (QED) is 0.516. The summed E-state index contributed by atoms with van der Waals surface area (Å²) in [7, 11) is 0. The summed E-state index contributed by atoms with van der Waals surface area (Å²) in [5.41, 5.74) is 10.6. The van der Waals surface area contributed by atoms with Crippen LogP contribution in [-0.4, -0.2) is 0 Å². The average molecular weight is 347 g/mol. The summed E-state index contributed by atoms with van der Waals surface area (Å²) in [4.78, 5) is 0. The summed E-state index contributed by atoms with van der Waals surface area (Å²) in [6.07, 6.45) is 7.44. The fourth-order valence-corrected chi connectivity index (χ4v) is 4.19. The van der Waals surface area contributed by atoms with Crippen LogP contribution < -0.4 is 0 Å². The predicted molar refractivity (Wildman–Crippen MR) is 116 cm³/mol. The van der Waals surface area contributed by atoms with Gasteiger partial charge >= 0.3 is 0 Å². The molecule has 2 aromatic carbocycles. The lowest BCUT2D eigenvalue weighted by molar-refractivity contribution is 0.591. The van der Waals surface area contributed by atoms with Crippen LogP contribution in [0.2, 0.25) is 0 Å². The minimum Gasteiger partial charge on any atom is -0.0654 e. The largest absolute Gasteiger partial charge is 0.0654 e. The van der Waals surface area contributed by atoms with E-state index in [0.717, 1.165) is 6.42 Å². The molecule has 138 valence electrons. The Balaban J connectivity index is 2.24. The first-order valence-corrected chi connectivity index (χ1v) is 10.3. The van der Waals surface area contributed by atoms with E-state index in [1.54, 1.807) is 5.57 Å². The van der Waals surface area contributed by atoms with Crippen molar-refractivity contribution >= 4 is 6.08 Å². The van der Waals surface area contributed by atoms with Crippen LogP contribution in [0.25, 0.3) is 17.2 Å². The maximum atomic E-state index is 2.51. The zero-order valence-corrected chi connectivity index (χ0v) is 17.4. The van der Waals surface area contributed by atoms with Gasteiger partial charge < -0.3 is 0 Å². The molecule has 0 atom stereocenters. The van der Waals surface area contributed by atoms with E-state index in [-0.39, 0.29) is 5.41 Å². The molecular formula is C26H34. The Hall–Kier alpha value is -1.82. The molecular weight excluding hydrogens is 312 g/mol. The molecule has 0 unspecified atom stereocenters. The highest BCUT2D eigenvalue weighted by Crippen LogP contribution is 2.43. The summed E-state index contributed by atoms with van der Waals surface area (Å²) in [6, 6.07) is 13.8. The van der Waals surface area contributed by atoms with Crippen molar-refractivity contribution in [3.63, 3.8) is 0 Å². The van der Waals surface area contributed by atoms with Gasteiger partial charge in [-0.2, -0.15) is 0 Å². The molecule has 0 nitrogen and oxygen atoms in total. The van der Waals surface area contributed by atoms with Crippen molar-refractivity contribution in [1.82, 2.24) is 0 Å². The number of rotatable bonds is 5. The Morgan fingerprint density at radius 3 is 2.38 bits per heavy atom. The summed E-state index contributed by atoms with van der Waals surface area (Å²) >= 11 is 0. The Labute approximate surface area is 160 Å². The van der Waals surface area contributed by atoms with Crippen molar-refractivity contribution in [2.75, 3.05) is 0 Å². The van der Waals surface area contributed by atoms with E-state index in [4.69, 9.17) is 0 Å². The maximum absolute atomic E-state index is 2.51. The average Bonchev–Trinajstić information content (AvgIpc) is 3.01. The lowest BCUT2D eigenvalue weighted by atomic mass is 9.77. The van der Waals surface area contributed by atoms with Crippen LogP contribution in [-0.2, 0) is 11.8 Å². The summed E-state index contributed by atoms with van der Waals surface area (Å²) in [5.74, 6) is 0.528. The molecule has 3 rings (SSSR count). The first-order valence-electron chi connectivity index (χ1n) is 10.3. The highest BCUT2D eigenvalue weighted by molar-refractivity contribution is 5.85. The fourth-order valence-electron chi connectivity index (χ4n) is 4.19. The number of fused-ring (bicyclic) bond motifs is 1. The van der Waals surface area contributed by atoms with E-state index in [0.29, 0.717) is 5.92 Å². The van der Waals surface area contributed by atoms with Crippen LogP contribution in [0.3, 0.4) is 0 Å². The topological polar surface area (TPSA) is 0 Å². The molecule has 0 radical (unpaired) electrons. The van der Waals surface area contributed by atoms with Crippen LogP contribution in [0.5, 0.6) is 0 Å². The molecule has 0 amide bonds. The summed E-state index contributed by atoms with van der Waals surface area (Å²) < 4.78 is 0. The van der Waals surface area contributed by atoms with Crippen LogP contribution in [0.1, 0.15) is 89.0 Å². The molecule has 2 aromatic rings. The molecule has 0 heteroatoms. The predicted octanol–water partition coefficient (Wildman–Crippen LogP) is 7.90. The second-order valence-electron chi connectivity index (χ2n) is 9.14. The molecule has 0 heterocycles. The highest BCUT2D eigenvalue weighted by Gasteiger charge is 2.26. The molecule has 1 aliphatic carbocycles. The molecule has 0 saturated carbocycles. The first kappa shape index (κ1) is 19.0. The minimum atomic E-state index is 0.133. The van der Waals surface area contributed by atoms with Crippen molar-refractivity contribution in [2.24, 2.45) is 0 Å². The molecule has 26 heavy (non-hydrogen) atoms. The number of unbranched alkanes of at least 4 members (excludes halogenated alkanes) is 1. The van der Waals surface area contributed by atoms with E-state index in [2.05, 4.69) is 84.0 Å². The van der Waals surface area contributed by atoms with Gasteiger partial charge in [0.05, 0.1) is 0 Å². The fraction of sp³-hybridized carbons (Fsp3) is 0.462. The van der Waals surface area contributed by atoms with Gasteiger partial charge in [-0.15, -0.1) is 0 Å². The summed E-state index contributed by atoms with van der Waals surface area (Å²) in [5, 5.41) is 0. The first-order chi connectivity index (χ1) is 12.3. The van der Waals surface area contributed by atoms with Crippen LogP contribution >= 0.6 is 0 Å². The van der Waals surface area contributed by atoms with Gasteiger partial charge in [0.25, 0.3) is 0 Å². The standard InChI is InChI=1S/C26H34/c1-7-8-11-19-16-20-14-15-24(26(4,5)6)25(23(20)17-19)22-13-10-9-12-21(22)18(2)3/h9-10,12-15,17-18H,7-8,11,16H2,1-6H3. The van der Waals surface area contributed by atoms with Gasteiger partial charge in [0, 0.05) is 0 Å². The van der Waals surface area contributed by atoms with Gasteiger partial charge in [-0.3, -0.25) is 0 Å². The number of hydrogen-bond donors (Lipinski definition) is 0. The van der Waals surface area contributed by atoms with Gasteiger partial charge in [0.15, 0.2) is 0 Å². The molecule has 1 aliphatic rings. The third-order valence-electron chi connectivity index (χ3n) is 5.61. The Morgan fingerprint density at radius 2 is 1.73 bits per heavy atom. The number of hydrogen-bond acceptors (Lipinski definition) is 0.